The predicted molar refractivity (Wildman–Crippen MR) is 105 cm³/mol. The molecule has 1 unspecified atom stereocenters. The standard InChI is InChI=1S/C19H28N2O2.C2HF3O2/c1-15(2)21-13-19(10-18(21)22)12-20(7-8-23-14-19)11-17-6-4-5-16(3)9-17;3-2(4,5)1(6)7/h4-6,9,15H,7-8,10-14H2,1-3H3;(H,6,7). The number of amides is 1. The number of hydrogen-bond acceptors (Lipinski definition) is 4. The number of benzene rings is 1. The highest BCUT2D eigenvalue weighted by molar-refractivity contribution is 5.80. The van der Waals surface area contributed by atoms with Crippen LogP contribution in [0.1, 0.15) is 31.4 Å². The van der Waals surface area contributed by atoms with Gasteiger partial charge < -0.3 is 14.7 Å². The van der Waals surface area contributed by atoms with Crippen LogP contribution in [0.5, 0.6) is 0 Å². The van der Waals surface area contributed by atoms with Gasteiger partial charge in [0.25, 0.3) is 0 Å². The van der Waals surface area contributed by atoms with Crippen LogP contribution in [0.2, 0.25) is 0 Å². The van der Waals surface area contributed by atoms with Crippen LogP contribution in [0.25, 0.3) is 0 Å². The highest BCUT2D eigenvalue weighted by Gasteiger charge is 2.46. The predicted octanol–water partition coefficient (Wildman–Crippen LogP) is 3.09. The van der Waals surface area contributed by atoms with Gasteiger partial charge in [-0.25, -0.2) is 4.79 Å². The van der Waals surface area contributed by atoms with Crippen molar-refractivity contribution in [3.05, 3.63) is 35.4 Å². The van der Waals surface area contributed by atoms with E-state index in [-0.39, 0.29) is 17.4 Å². The molecule has 0 saturated carbocycles. The Balaban J connectivity index is 0.000000396. The van der Waals surface area contributed by atoms with Crippen LogP contribution in [0.4, 0.5) is 13.2 Å². The molecule has 168 valence electrons. The maximum absolute atomic E-state index is 12.4. The first kappa shape index (κ1) is 24.1. The van der Waals surface area contributed by atoms with Crippen LogP contribution in [-0.4, -0.2) is 71.8 Å². The number of nitrogens with zero attached hydrogens (tertiary/aromatic N) is 2. The average Bonchev–Trinajstić information content (AvgIpc) is 2.82. The lowest BCUT2D eigenvalue weighted by atomic mass is 9.87. The molecule has 30 heavy (non-hydrogen) atoms. The van der Waals surface area contributed by atoms with Crippen molar-refractivity contribution < 1.29 is 32.6 Å². The number of aliphatic carboxylic acids is 1. The van der Waals surface area contributed by atoms with Gasteiger partial charge in [0.15, 0.2) is 0 Å². The van der Waals surface area contributed by atoms with Crippen molar-refractivity contribution in [2.45, 2.75) is 46.0 Å². The van der Waals surface area contributed by atoms with Crippen LogP contribution >= 0.6 is 0 Å². The summed E-state index contributed by atoms with van der Waals surface area (Å²) in [6.45, 7) is 11.4. The minimum Gasteiger partial charge on any atom is -0.475 e. The first-order valence-corrected chi connectivity index (χ1v) is 9.87. The van der Waals surface area contributed by atoms with Gasteiger partial charge >= 0.3 is 12.1 Å². The molecule has 1 spiro atoms. The molecule has 2 fully saturated rings. The molecule has 1 aromatic rings. The Morgan fingerprint density at radius 2 is 1.97 bits per heavy atom. The van der Waals surface area contributed by atoms with Crippen molar-refractivity contribution in [2.75, 3.05) is 32.8 Å². The molecule has 1 atom stereocenters. The lowest BCUT2D eigenvalue weighted by molar-refractivity contribution is -0.192. The molecule has 1 N–H and O–H groups in total. The zero-order valence-corrected chi connectivity index (χ0v) is 17.5. The molecular weight excluding hydrogens is 401 g/mol. The van der Waals surface area contributed by atoms with E-state index in [0.717, 1.165) is 32.8 Å². The summed E-state index contributed by atoms with van der Waals surface area (Å²) in [7, 11) is 0. The molecule has 0 aliphatic carbocycles. The molecule has 2 saturated heterocycles. The first-order chi connectivity index (χ1) is 13.9. The van der Waals surface area contributed by atoms with Crippen LogP contribution in [0, 0.1) is 12.3 Å². The van der Waals surface area contributed by atoms with Gasteiger partial charge in [-0.3, -0.25) is 9.69 Å². The van der Waals surface area contributed by atoms with E-state index in [9.17, 15) is 18.0 Å². The van der Waals surface area contributed by atoms with Gasteiger partial charge in [0, 0.05) is 44.1 Å². The second-order valence-electron chi connectivity index (χ2n) is 8.35. The van der Waals surface area contributed by atoms with Crippen molar-refractivity contribution in [1.29, 1.82) is 0 Å². The molecule has 1 aromatic carbocycles. The van der Waals surface area contributed by atoms with Crippen LogP contribution in [0.3, 0.4) is 0 Å². The molecular formula is C21H29F3N2O4. The molecule has 0 aromatic heterocycles. The van der Waals surface area contributed by atoms with Gasteiger partial charge in [0.05, 0.1) is 13.2 Å². The summed E-state index contributed by atoms with van der Waals surface area (Å²) >= 11 is 0. The van der Waals surface area contributed by atoms with Gasteiger partial charge in [-0.1, -0.05) is 29.8 Å². The smallest absolute Gasteiger partial charge is 0.475 e. The van der Waals surface area contributed by atoms with E-state index in [2.05, 4.69) is 49.9 Å². The minimum atomic E-state index is -5.08. The molecule has 9 heteroatoms. The lowest BCUT2D eigenvalue weighted by Gasteiger charge is -2.32. The van der Waals surface area contributed by atoms with Crippen LogP contribution in [0.15, 0.2) is 24.3 Å². The van der Waals surface area contributed by atoms with E-state index in [1.165, 1.54) is 11.1 Å². The number of hydrogen-bond donors (Lipinski definition) is 1. The Labute approximate surface area is 174 Å². The van der Waals surface area contributed by atoms with E-state index >= 15 is 0 Å². The summed E-state index contributed by atoms with van der Waals surface area (Å²) in [5.41, 5.74) is 2.60. The minimum absolute atomic E-state index is 0.0400. The van der Waals surface area contributed by atoms with E-state index in [0.29, 0.717) is 13.0 Å². The third-order valence-corrected chi connectivity index (χ3v) is 5.23. The Bertz CT molecular complexity index is 754. The Morgan fingerprint density at radius 1 is 1.30 bits per heavy atom. The molecule has 2 aliphatic rings. The number of carboxylic acids is 1. The van der Waals surface area contributed by atoms with Crippen molar-refractivity contribution in [3.63, 3.8) is 0 Å². The van der Waals surface area contributed by atoms with Crippen molar-refractivity contribution >= 4 is 11.9 Å². The van der Waals surface area contributed by atoms with Crippen LogP contribution < -0.4 is 0 Å². The maximum Gasteiger partial charge on any atom is 0.490 e. The summed E-state index contributed by atoms with van der Waals surface area (Å²) in [6.07, 6.45) is -4.46. The van der Waals surface area contributed by atoms with E-state index in [1.54, 1.807) is 0 Å². The SMILES string of the molecule is Cc1cccc(CN2CCOCC3(CC(=O)N(C(C)C)C3)C2)c1.O=C(O)C(F)(F)F. The quantitative estimate of drug-likeness (QED) is 0.798. The number of ether oxygens (including phenoxy) is 1. The zero-order valence-electron chi connectivity index (χ0n) is 17.5. The number of likely N-dealkylation sites (tertiary alicyclic amines) is 1. The zero-order chi connectivity index (χ0) is 22.5. The summed E-state index contributed by atoms with van der Waals surface area (Å²) in [6, 6.07) is 8.96. The third-order valence-electron chi connectivity index (χ3n) is 5.23. The summed E-state index contributed by atoms with van der Waals surface area (Å²) in [5, 5.41) is 7.12. The van der Waals surface area contributed by atoms with Crippen LogP contribution in [-0.2, 0) is 20.9 Å². The van der Waals surface area contributed by atoms with E-state index in [1.807, 2.05) is 4.90 Å². The average molecular weight is 430 g/mol. The van der Waals surface area contributed by atoms with Gasteiger partial charge in [0.1, 0.15) is 0 Å². The number of alkyl halides is 3. The summed E-state index contributed by atoms with van der Waals surface area (Å²) < 4.78 is 37.6. The van der Waals surface area contributed by atoms with Gasteiger partial charge in [-0.2, -0.15) is 13.2 Å². The Hall–Kier alpha value is -2.13. The van der Waals surface area contributed by atoms with Gasteiger partial charge in [0.2, 0.25) is 5.91 Å². The number of aryl methyl sites for hydroxylation is 1. The van der Waals surface area contributed by atoms with Crippen molar-refractivity contribution in [2.24, 2.45) is 5.41 Å². The molecule has 0 radical (unpaired) electrons. The molecule has 1 amide bonds. The van der Waals surface area contributed by atoms with Gasteiger partial charge in [-0.05, 0) is 26.3 Å². The fraction of sp³-hybridized carbons (Fsp3) is 0.619. The fourth-order valence-corrected chi connectivity index (χ4v) is 3.89. The Morgan fingerprint density at radius 3 is 2.50 bits per heavy atom. The normalized spacial score (nSPS) is 22.8. The maximum atomic E-state index is 12.4. The van der Waals surface area contributed by atoms with Gasteiger partial charge in [-0.15, -0.1) is 0 Å². The van der Waals surface area contributed by atoms with E-state index in [4.69, 9.17) is 14.6 Å². The monoisotopic (exact) mass is 430 g/mol. The lowest BCUT2D eigenvalue weighted by Crippen LogP contribution is -2.41. The number of halogens is 3. The third kappa shape index (κ3) is 6.70. The topological polar surface area (TPSA) is 70.1 Å². The molecule has 0 bridgehead atoms. The van der Waals surface area contributed by atoms with Crippen molar-refractivity contribution in [1.82, 2.24) is 9.80 Å². The van der Waals surface area contributed by atoms with Crippen molar-refractivity contribution in [3.8, 4) is 0 Å². The largest absolute Gasteiger partial charge is 0.490 e. The first-order valence-electron chi connectivity index (χ1n) is 9.87. The number of carbonyl (C=O) groups is 2. The second kappa shape index (κ2) is 9.78. The number of carbonyl (C=O) groups excluding carboxylic acids is 1. The highest BCUT2D eigenvalue weighted by atomic mass is 19.4. The molecule has 6 nitrogen and oxygen atoms in total. The molecule has 3 rings (SSSR count). The fourth-order valence-electron chi connectivity index (χ4n) is 3.89. The molecule has 2 heterocycles. The number of carboxylic acid groups (broad SMARTS) is 1. The number of rotatable bonds is 3. The second-order valence-corrected chi connectivity index (χ2v) is 8.35. The summed E-state index contributed by atoms with van der Waals surface area (Å²) in [5.74, 6) is -2.48. The highest BCUT2D eigenvalue weighted by Crippen LogP contribution is 2.35. The summed E-state index contributed by atoms with van der Waals surface area (Å²) in [4.78, 5) is 25.7. The molecule has 2 aliphatic heterocycles. The Kier molecular flexibility index (Phi) is 7.87. The van der Waals surface area contributed by atoms with E-state index < -0.39 is 12.1 Å².